The van der Waals surface area contributed by atoms with Crippen LogP contribution in [0.15, 0.2) is 36.4 Å². The van der Waals surface area contributed by atoms with Crippen molar-refractivity contribution in [2.45, 2.75) is 64.8 Å². The van der Waals surface area contributed by atoms with Crippen molar-refractivity contribution in [1.29, 1.82) is 0 Å². The van der Waals surface area contributed by atoms with Crippen LogP contribution < -0.4 is 10.2 Å². The van der Waals surface area contributed by atoms with Crippen molar-refractivity contribution in [2.24, 2.45) is 0 Å². The predicted octanol–water partition coefficient (Wildman–Crippen LogP) is 6.71. The third-order valence-corrected chi connectivity index (χ3v) is 7.52. The fourth-order valence-electron chi connectivity index (χ4n) is 4.88. The predicted molar refractivity (Wildman–Crippen MR) is 141 cm³/mol. The van der Waals surface area contributed by atoms with Gasteiger partial charge in [0.05, 0.1) is 33.0 Å². The first kappa shape index (κ1) is 24.5. The highest BCUT2D eigenvalue weighted by atomic mass is 32.1. The maximum absolute atomic E-state index is 11.5. The minimum atomic E-state index is -0.758. The first-order valence-corrected chi connectivity index (χ1v) is 13.1. The summed E-state index contributed by atoms with van der Waals surface area (Å²) in [6, 6.07) is 13.2. The van der Waals surface area contributed by atoms with E-state index >= 15 is 0 Å². The molecule has 0 bridgehead atoms. The van der Waals surface area contributed by atoms with Crippen LogP contribution in [0.3, 0.4) is 0 Å². The maximum Gasteiger partial charge on any atom is 0.303 e. The molecule has 0 unspecified atom stereocenters. The molecule has 1 fully saturated rings. The first-order valence-electron chi connectivity index (χ1n) is 12.3. The SMILES string of the molecule is CCCN(c1ccc([C@H](CC)CC(=O)O)cc1Nc1ccc2nc(C)sc2c1)C1CCOCC1. The molecule has 6 nitrogen and oxygen atoms in total. The number of aliphatic carboxylic acids is 1. The quantitative estimate of drug-likeness (QED) is 0.335. The Labute approximate surface area is 206 Å². The van der Waals surface area contributed by atoms with Crippen LogP contribution in [0, 0.1) is 6.92 Å². The van der Waals surface area contributed by atoms with Crippen LogP contribution in [-0.2, 0) is 9.53 Å². The number of carboxylic acid groups (broad SMARTS) is 1. The summed E-state index contributed by atoms with van der Waals surface area (Å²) in [4.78, 5) is 18.6. The molecule has 7 heteroatoms. The number of rotatable bonds is 10. The number of benzene rings is 2. The summed E-state index contributed by atoms with van der Waals surface area (Å²) in [5, 5.41) is 14.2. The Balaban J connectivity index is 1.74. The van der Waals surface area contributed by atoms with E-state index in [4.69, 9.17) is 4.74 Å². The van der Waals surface area contributed by atoms with E-state index in [-0.39, 0.29) is 12.3 Å². The number of nitrogens with one attached hydrogen (secondary N) is 1. The highest BCUT2D eigenvalue weighted by Gasteiger charge is 2.24. The number of anilines is 3. The molecule has 1 saturated heterocycles. The Morgan fingerprint density at radius 3 is 2.74 bits per heavy atom. The van der Waals surface area contributed by atoms with Crippen LogP contribution in [-0.4, -0.2) is 41.9 Å². The highest BCUT2D eigenvalue weighted by molar-refractivity contribution is 7.18. The molecule has 1 aromatic heterocycles. The third kappa shape index (κ3) is 5.70. The molecule has 34 heavy (non-hydrogen) atoms. The van der Waals surface area contributed by atoms with Crippen molar-refractivity contribution >= 4 is 44.6 Å². The highest BCUT2D eigenvalue weighted by Crippen LogP contribution is 2.37. The molecular weight excluding hydrogens is 446 g/mol. The molecule has 0 radical (unpaired) electrons. The van der Waals surface area contributed by atoms with Crippen molar-refractivity contribution in [3.8, 4) is 0 Å². The zero-order chi connectivity index (χ0) is 24.1. The summed E-state index contributed by atoms with van der Waals surface area (Å²) < 4.78 is 6.79. The van der Waals surface area contributed by atoms with Gasteiger partial charge in [-0.1, -0.05) is 19.9 Å². The van der Waals surface area contributed by atoms with Gasteiger partial charge in [0.15, 0.2) is 0 Å². The van der Waals surface area contributed by atoms with E-state index in [1.807, 2.05) is 6.92 Å². The molecule has 4 rings (SSSR count). The summed E-state index contributed by atoms with van der Waals surface area (Å²) in [6.07, 6.45) is 4.02. The Kier molecular flexibility index (Phi) is 8.06. The van der Waals surface area contributed by atoms with Gasteiger partial charge in [-0.25, -0.2) is 4.98 Å². The number of thiazole rings is 1. The Morgan fingerprint density at radius 2 is 2.03 bits per heavy atom. The lowest BCUT2D eigenvalue weighted by molar-refractivity contribution is -0.137. The van der Waals surface area contributed by atoms with Crippen molar-refractivity contribution in [3.63, 3.8) is 0 Å². The van der Waals surface area contributed by atoms with Crippen molar-refractivity contribution in [1.82, 2.24) is 4.98 Å². The van der Waals surface area contributed by atoms with E-state index in [1.54, 1.807) is 11.3 Å². The van der Waals surface area contributed by atoms with E-state index in [2.05, 4.69) is 65.4 Å². The van der Waals surface area contributed by atoms with Gasteiger partial charge in [0.2, 0.25) is 0 Å². The molecule has 0 spiro atoms. The average Bonchev–Trinajstić information content (AvgIpc) is 3.21. The van der Waals surface area contributed by atoms with Crippen LogP contribution in [0.25, 0.3) is 10.2 Å². The van der Waals surface area contributed by atoms with Gasteiger partial charge < -0.3 is 20.1 Å². The fraction of sp³-hybridized carbons (Fsp3) is 0.481. The van der Waals surface area contributed by atoms with Crippen LogP contribution in [0.5, 0.6) is 0 Å². The molecule has 1 aliphatic heterocycles. The molecule has 0 saturated carbocycles. The number of nitrogens with zero attached hydrogens (tertiary/aromatic N) is 2. The lowest BCUT2D eigenvalue weighted by Crippen LogP contribution is -2.40. The summed E-state index contributed by atoms with van der Waals surface area (Å²) in [7, 11) is 0. The number of hydrogen-bond donors (Lipinski definition) is 2. The van der Waals surface area contributed by atoms with Gasteiger partial charge in [-0.3, -0.25) is 4.79 Å². The lowest BCUT2D eigenvalue weighted by Gasteiger charge is -2.37. The fourth-order valence-corrected chi connectivity index (χ4v) is 5.74. The van der Waals surface area contributed by atoms with Crippen LogP contribution in [0.2, 0.25) is 0 Å². The zero-order valence-electron chi connectivity index (χ0n) is 20.3. The third-order valence-electron chi connectivity index (χ3n) is 6.59. The van der Waals surface area contributed by atoms with Gasteiger partial charge in [0.1, 0.15) is 0 Å². The smallest absolute Gasteiger partial charge is 0.303 e. The van der Waals surface area contributed by atoms with Crippen molar-refractivity contribution in [2.75, 3.05) is 30.0 Å². The van der Waals surface area contributed by atoms with E-state index in [0.717, 1.165) is 77.6 Å². The minimum Gasteiger partial charge on any atom is -0.481 e. The van der Waals surface area contributed by atoms with Crippen LogP contribution in [0.4, 0.5) is 17.1 Å². The Morgan fingerprint density at radius 1 is 1.24 bits per heavy atom. The molecule has 2 heterocycles. The largest absolute Gasteiger partial charge is 0.481 e. The van der Waals surface area contributed by atoms with E-state index < -0.39 is 5.97 Å². The second-order valence-corrected chi connectivity index (χ2v) is 10.3. The zero-order valence-corrected chi connectivity index (χ0v) is 21.2. The molecule has 2 N–H and O–H groups in total. The molecule has 3 aromatic rings. The molecule has 0 amide bonds. The molecular formula is C27H35N3O3S. The van der Waals surface area contributed by atoms with Gasteiger partial charge in [-0.2, -0.15) is 0 Å². The summed E-state index contributed by atoms with van der Waals surface area (Å²) in [5.74, 6) is -0.771. The number of hydrogen-bond acceptors (Lipinski definition) is 6. The number of fused-ring (bicyclic) bond motifs is 1. The number of carboxylic acids is 1. The van der Waals surface area contributed by atoms with Crippen molar-refractivity contribution in [3.05, 3.63) is 47.0 Å². The molecule has 1 aliphatic rings. The second kappa shape index (κ2) is 11.2. The number of ether oxygens (including phenoxy) is 1. The summed E-state index contributed by atoms with van der Waals surface area (Å²) in [5.41, 5.74) is 5.30. The van der Waals surface area contributed by atoms with Crippen LogP contribution in [0.1, 0.15) is 62.4 Å². The van der Waals surface area contributed by atoms with Gasteiger partial charge in [0, 0.05) is 31.5 Å². The van der Waals surface area contributed by atoms with Gasteiger partial charge >= 0.3 is 5.97 Å². The second-order valence-electron chi connectivity index (χ2n) is 9.06. The number of carbonyl (C=O) groups is 1. The molecule has 0 aliphatic carbocycles. The van der Waals surface area contributed by atoms with Gasteiger partial charge in [-0.05, 0) is 74.4 Å². The average molecular weight is 482 g/mol. The normalized spacial score (nSPS) is 15.4. The summed E-state index contributed by atoms with van der Waals surface area (Å²) >= 11 is 1.70. The van der Waals surface area contributed by atoms with E-state index in [9.17, 15) is 9.90 Å². The number of aryl methyl sites for hydroxylation is 1. The standard InChI is InChI=1S/C27H35N3O3S/c1-4-12-30(22-10-13-33-14-11-22)25-9-6-20(19(5-2)16-27(31)32)15-24(25)29-21-7-8-23-26(17-21)34-18(3)28-23/h6-9,15,17,19,22,29H,4-5,10-14,16H2,1-3H3,(H,31,32)/t19-/m1/s1. The number of aromatic nitrogens is 1. The van der Waals surface area contributed by atoms with Gasteiger partial charge in [-0.15, -0.1) is 11.3 Å². The lowest BCUT2D eigenvalue weighted by atomic mass is 9.92. The monoisotopic (exact) mass is 481 g/mol. The Bertz CT molecular complexity index is 1120. The van der Waals surface area contributed by atoms with Crippen molar-refractivity contribution < 1.29 is 14.6 Å². The van der Waals surface area contributed by atoms with E-state index in [1.165, 1.54) is 5.69 Å². The minimum absolute atomic E-state index is 0.0126. The molecule has 182 valence electrons. The first-order chi connectivity index (χ1) is 16.5. The van der Waals surface area contributed by atoms with Crippen LogP contribution >= 0.6 is 11.3 Å². The molecule has 1 atom stereocenters. The molecule has 2 aromatic carbocycles. The topological polar surface area (TPSA) is 74.7 Å². The van der Waals surface area contributed by atoms with E-state index in [0.29, 0.717) is 6.04 Å². The summed E-state index contributed by atoms with van der Waals surface area (Å²) in [6.45, 7) is 8.86. The van der Waals surface area contributed by atoms with Gasteiger partial charge in [0.25, 0.3) is 0 Å². The maximum atomic E-state index is 11.5. The Hall–Kier alpha value is -2.64.